The lowest BCUT2D eigenvalue weighted by Crippen LogP contribution is -2.06. The minimum atomic E-state index is -4.53. The predicted octanol–water partition coefficient (Wildman–Crippen LogP) is 3.32. The third-order valence-electron chi connectivity index (χ3n) is 2.46. The van der Waals surface area contributed by atoms with Crippen molar-refractivity contribution in [2.24, 2.45) is 0 Å². The molecule has 9 heteroatoms. The molecule has 112 valence electrons. The van der Waals surface area contributed by atoms with Gasteiger partial charge in [-0.1, -0.05) is 11.6 Å². The number of hydrogen-bond acceptors (Lipinski definition) is 4. The summed E-state index contributed by atoms with van der Waals surface area (Å²) in [7, 11) is 0. The second-order valence-corrected chi connectivity index (χ2v) is 4.33. The van der Waals surface area contributed by atoms with Gasteiger partial charge in [0.25, 0.3) is 0 Å². The largest absolute Gasteiger partial charge is 0.461 e. The van der Waals surface area contributed by atoms with Crippen LogP contribution in [0.15, 0.2) is 18.5 Å². The van der Waals surface area contributed by atoms with Gasteiger partial charge in [0.1, 0.15) is 11.4 Å². The molecular weight excluding hydrogens is 311 g/mol. The molecule has 0 bridgehead atoms. The highest BCUT2D eigenvalue weighted by Gasteiger charge is 2.32. The predicted molar refractivity (Wildman–Crippen MR) is 67.8 cm³/mol. The standard InChI is InChI=1S/C12H9ClF3N3O2/c1-2-21-11(20)8-5-18-10(19-8)9-7(13)3-6(4-17-9)12(14,15)16/h3-5H,2H2,1H3,(H,18,19). The van der Waals surface area contributed by atoms with Gasteiger partial charge in [0.05, 0.1) is 23.4 Å². The number of esters is 1. The molecule has 0 aliphatic heterocycles. The molecule has 21 heavy (non-hydrogen) atoms. The molecule has 0 fully saturated rings. The number of hydrogen-bond donors (Lipinski definition) is 1. The van der Waals surface area contributed by atoms with E-state index in [0.717, 1.165) is 6.07 Å². The lowest BCUT2D eigenvalue weighted by molar-refractivity contribution is -0.137. The monoisotopic (exact) mass is 319 g/mol. The average molecular weight is 320 g/mol. The zero-order valence-electron chi connectivity index (χ0n) is 10.7. The van der Waals surface area contributed by atoms with Gasteiger partial charge < -0.3 is 9.72 Å². The summed E-state index contributed by atoms with van der Waals surface area (Å²) in [6.07, 6.45) is -2.69. The van der Waals surface area contributed by atoms with Crippen molar-refractivity contribution in [3.8, 4) is 11.5 Å². The van der Waals surface area contributed by atoms with Crippen LogP contribution in [0.5, 0.6) is 0 Å². The molecule has 0 aromatic carbocycles. The highest BCUT2D eigenvalue weighted by atomic mass is 35.5. The van der Waals surface area contributed by atoms with Gasteiger partial charge in [-0.15, -0.1) is 0 Å². The fraction of sp³-hybridized carbons (Fsp3) is 0.250. The second-order valence-electron chi connectivity index (χ2n) is 3.92. The lowest BCUT2D eigenvalue weighted by atomic mass is 10.2. The lowest BCUT2D eigenvalue weighted by Gasteiger charge is -2.07. The van der Waals surface area contributed by atoms with Crippen molar-refractivity contribution in [1.29, 1.82) is 0 Å². The summed E-state index contributed by atoms with van der Waals surface area (Å²) in [4.78, 5) is 21.6. The first-order chi connectivity index (χ1) is 9.82. The van der Waals surface area contributed by atoms with Crippen LogP contribution in [0.1, 0.15) is 23.0 Å². The highest BCUT2D eigenvalue weighted by Crippen LogP contribution is 2.33. The Bertz CT molecular complexity index is 670. The molecule has 5 nitrogen and oxygen atoms in total. The molecule has 0 aliphatic rings. The SMILES string of the molecule is CCOC(=O)c1cnc(-c2ncc(C(F)(F)F)cc2Cl)[nH]1. The summed E-state index contributed by atoms with van der Waals surface area (Å²) in [5, 5.41) is -0.227. The van der Waals surface area contributed by atoms with Gasteiger partial charge >= 0.3 is 12.1 Å². The van der Waals surface area contributed by atoms with E-state index in [1.54, 1.807) is 6.92 Å². The number of carbonyl (C=O) groups is 1. The number of carbonyl (C=O) groups excluding carboxylic acids is 1. The highest BCUT2D eigenvalue weighted by molar-refractivity contribution is 6.32. The van der Waals surface area contributed by atoms with Gasteiger partial charge in [-0.05, 0) is 13.0 Å². The number of ether oxygens (including phenoxy) is 1. The topological polar surface area (TPSA) is 67.9 Å². The number of nitrogens with one attached hydrogen (secondary N) is 1. The molecule has 0 saturated carbocycles. The van der Waals surface area contributed by atoms with Crippen molar-refractivity contribution >= 4 is 17.6 Å². The van der Waals surface area contributed by atoms with Gasteiger partial charge in [0, 0.05) is 6.20 Å². The van der Waals surface area contributed by atoms with Gasteiger partial charge in [-0.3, -0.25) is 4.98 Å². The summed E-state index contributed by atoms with van der Waals surface area (Å²) in [6, 6.07) is 0.746. The van der Waals surface area contributed by atoms with Gasteiger partial charge in [-0.25, -0.2) is 9.78 Å². The molecule has 0 amide bonds. The molecule has 1 N–H and O–H groups in total. The first-order valence-electron chi connectivity index (χ1n) is 5.78. The van der Waals surface area contributed by atoms with Crippen LogP contribution in [0, 0.1) is 0 Å². The third kappa shape index (κ3) is 3.33. The minimum absolute atomic E-state index is 0.0141. The zero-order chi connectivity index (χ0) is 15.6. The van der Waals surface area contributed by atoms with Crippen LogP contribution in [0.25, 0.3) is 11.5 Å². The number of aromatic amines is 1. The van der Waals surface area contributed by atoms with Crippen molar-refractivity contribution < 1.29 is 22.7 Å². The fourth-order valence-electron chi connectivity index (χ4n) is 1.52. The number of rotatable bonds is 3. The van der Waals surface area contributed by atoms with E-state index in [4.69, 9.17) is 16.3 Å². The molecule has 2 heterocycles. The molecular formula is C12H9ClF3N3O2. The Morgan fingerprint density at radius 3 is 2.67 bits per heavy atom. The summed E-state index contributed by atoms with van der Waals surface area (Å²) >= 11 is 5.78. The van der Waals surface area contributed by atoms with Crippen molar-refractivity contribution in [3.05, 3.63) is 34.7 Å². The Labute approximate surface area is 122 Å². The summed E-state index contributed by atoms with van der Waals surface area (Å²) in [5.41, 5.74) is -0.891. The van der Waals surface area contributed by atoms with Crippen molar-refractivity contribution in [2.45, 2.75) is 13.1 Å². The Hall–Kier alpha value is -2.09. The Morgan fingerprint density at radius 1 is 1.38 bits per heavy atom. The van der Waals surface area contributed by atoms with Crippen LogP contribution in [-0.2, 0) is 10.9 Å². The molecule has 2 rings (SSSR count). The molecule has 0 radical (unpaired) electrons. The summed E-state index contributed by atoms with van der Waals surface area (Å²) in [5.74, 6) is -0.545. The first-order valence-corrected chi connectivity index (χ1v) is 6.16. The van der Waals surface area contributed by atoms with E-state index in [0.29, 0.717) is 6.20 Å². The van der Waals surface area contributed by atoms with Crippen LogP contribution in [0.2, 0.25) is 5.02 Å². The summed E-state index contributed by atoms with van der Waals surface area (Å²) < 4.78 is 42.3. The van der Waals surface area contributed by atoms with E-state index in [1.807, 2.05) is 0 Å². The molecule has 0 spiro atoms. The van der Waals surface area contributed by atoms with Crippen LogP contribution < -0.4 is 0 Å². The Kier molecular flexibility index (Phi) is 4.17. The molecule has 2 aromatic rings. The molecule has 0 unspecified atom stereocenters. The second kappa shape index (κ2) is 5.72. The van der Waals surface area contributed by atoms with Crippen LogP contribution >= 0.6 is 11.6 Å². The maximum atomic E-state index is 12.5. The zero-order valence-corrected chi connectivity index (χ0v) is 11.4. The average Bonchev–Trinajstić information content (AvgIpc) is 2.87. The van der Waals surface area contributed by atoms with E-state index < -0.39 is 17.7 Å². The number of alkyl halides is 3. The number of imidazole rings is 1. The van der Waals surface area contributed by atoms with E-state index in [2.05, 4.69) is 15.0 Å². The van der Waals surface area contributed by atoms with E-state index >= 15 is 0 Å². The van der Waals surface area contributed by atoms with Gasteiger partial charge in [-0.2, -0.15) is 13.2 Å². The first kappa shape index (κ1) is 15.3. The summed E-state index contributed by atoms with van der Waals surface area (Å²) in [6.45, 7) is 1.83. The van der Waals surface area contributed by atoms with E-state index in [9.17, 15) is 18.0 Å². The van der Waals surface area contributed by atoms with E-state index in [1.165, 1.54) is 6.20 Å². The van der Waals surface area contributed by atoms with Gasteiger partial charge in [0.2, 0.25) is 0 Å². The molecule has 0 aliphatic carbocycles. The number of halogens is 4. The maximum Gasteiger partial charge on any atom is 0.417 e. The van der Waals surface area contributed by atoms with Crippen molar-refractivity contribution in [3.63, 3.8) is 0 Å². The van der Waals surface area contributed by atoms with Crippen LogP contribution in [0.3, 0.4) is 0 Å². The molecule has 0 atom stereocenters. The third-order valence-corrected chi connectivity index (χ3v) is 2.75. The quantitative estimate of drug-likeness (QED) is 0.881. The Balaban J connectivity index is 2.33. The van der Waals surface area contributed by atoms with Crippen LogP contribution in [0.4, 0.5) is 13.2 Å². The Morgan fingerprint density at radius 2 is 2.10 bits per heavy atom. The van der Waals surface area contributed by atoms with Crippen molar-refractivity contribution in [1.82, 2.24) is 15.0 Å². The molecule has 2 aromatic heterocycles. The number of H-pyrrole nitrogens is 1. The fourth-order valence-corrected chi connectivity index (χ4v) is 1.78. The van der Waals surface area contributed by atoms with E-state index in [-0.39, 0.29) is 28.8 Å². The smallest absolute Gasteiger partial charge is 0.417 e. The number of nitrogens with zero attached hydrogens (tertiary/aromatic N) is 2. The normalized spacial score (nSPS) is 11.5. The maximum absolute atomic E-state index is 12.5. The van der Waals surface area contributed by atoms with Crippen LogP contribution in [-0.4, -0.2) is 27.5 Å². The van der Waals surface area contributed by atoms with Crippen molar-refractivity contribution in [2.75, 3.05) is 6.61 Å². The number of pyridine rings is 1. The minimum Gasteiger partial charge on any atom is -0.461 e. The van der Waals surface area contributed by atoms with Gasteiger partial charge in [0.15, 0.2) is 5.82 Å². The number of aromatic nitrogens is 3. The molecule has 0 saturated heterocycles.